The Kier molecular flexibility index (Phi) is 5.62. The number of amides is 1. The topological polar surface area (TPSA) is 66.5 Å². The van der Waals surface area contributed by atoms with Crippen LogP contribution in [-0.4, -0.2) is 41.5 Å². The summed E-state index contributed by atoms with van der Waals surface area (Å²) in [5, 5.41) is 2.80. The molecule has 0 spiro atoms. The number of hydrogen-bond acceptors (Lipinski definition) is 6. The summed E-state index contributed by atoms with van der Waals surface area (Å²) in [6.45, 7) is 2.24. The monoisotopic (exact) mass is 364 g/mol. The molecule has 3 unspecified atom stereocenters. The summed E-state index contributed by atoms with van der Waals surface area (Å²) in [4.78, 5) is 18.6. The van der Waals surface area contributed by atoms with Crippen LogP contribution in [0, 0.1) is 5.82 Å². The molecule has 3 atom stereocenters. The molecule has 1 amide bonds. The average molecular weight is 364 g/mol. The summed E-state index contributed by atoms with van der Waals surface area (Å²) in [5.41, 5.74) is 6.05. The minimum Gasteiger partial charge on any atom is -0.489 e. The summed E-state index contributed by atoms with van der Waals surface area (Å²) in [5.74, 6) is -0.185. The highest BCUT2D eigenvalue weighted by molar-refractivity contribution is 7.09. The van der Waals surface area contributed by atoms with Gasteiger partial charge in [0.1, 0.15) is 17.7 Å². The van der Waals surface area contributed by atoms with Gasteiger partial charge in [0.05, 0.1) is 12.1 Å². The summed E-state index contributed by atoms with van der Waals surface area (Å²) in [7, 11) is 1.78. The molecule has 25 heavy (non-hydrogen) atoms. The number of likely N-dealkylation sites (N-methyl/N-ethyl adjacent to an activating group) is 1. The van der Waals surface area contributed by atoms with E-state index in [2.05, 4.69) is 15.8 Å². The SMILES string of the molecule is CC(c1nccs1)N(C)C(=O)C1CC(COc2ccccc2F)NN1. The Morgan fingerprint density at radius 2 is 2.28 bits per heavy atom. The lowest BCUT2D eigenvalue weighted by Crippen LogP contribution is -2.45. The first-order valence-electron chi connectivity index (χ1n) is 8.10. The third-order valence-corrected chi connectivity index (χ3v) is 5.24. The highest BCUT2D eigenvalue weighted by Crippen LogP contribution is 2.23. The van der Waals surface area contributed by atoms with E-state index in [1.165, 1.54) is 17.4 Å². The molecule has 0 saturated carbocycles. The number of thiazole rings is 1. The third kappa shape index (κ3) is 4.15. The smallest absolute Gasteiger partial charge is 0.241 e. The molecular weight excluding hydrogens is 343 g/mol. The van der Waals surface area contributed by atoms with Crippen molar-refractivity contribution in [2.75, 3.05) is 13.7 Å². The number of aromatic nitrogens is 1. The first-order chi connectivity index (χ1) is 12.1. The minimum absolute atomic E-state index is 0.0106. The van der Waals surface area contributed by atoms with Crippen LogP contribution in [0.4, 0.5) is 4.39 Å². The molecule has 2 aromatic rings. The number of halogens is 1. The minimum atomic E-state index is -0.391. The number of hydrogen-bond donors (Lipinski definition) is 2. The van der Waals surface area contributed by atoms with Gasteiger partial charge >= 0.3 is 0 Å². The second-order valence-corrected chi connectivity index (χ2v) is 6.94. The Morgan fingerprint density at radius 1 is 1.48 bits per heavy atom. The van der Waals surface area contributed by atoms with Crippen molar-refractivity contribution in [2.45, 2.75) is 31.5 Å². The van der Waals surface area contributed by atoms with Crippen LogP contribution in [0.2, 0.25) is 0 Å². The molecule has 134 valence electrons. The van der Waals surface area contributed by atoms with Crippen molar-refractivity contribution in [3.63, 3.8) is 0 Å². The van der Waals surface area contributed by atoms with Crippen LogP contribution in [0.25, 0.3) is 0 Å². The molecule has 2 N–H and O–H groups in total. The first kappa shape index (κ1) is 17.8. The Bertz CT molecular complexity index is 712. The molecule has 8 heteroatoms. The number of para-hydroxylation sites is 1. The van der Waals surface area contributed by atoms with E-state index in [1.54, 1.807) is 36.3 Å². The van der Waals surface area contributed by atoms with Crippen LogP contribution in [0.3, 0.4) is 0 Å². The van der Waals surface area contributed by atoms with Crippen molar-refractivity contribution in [3.05, 3.63) is 46.7 Å². The molecule has 0 radical (unpaired) electrons. The number of carbonyl (C=O) groups is 1. The maximum Gasteiger partial charge on any atom is 0.241 e. The maximum atomic E-state index is 13.6. The van der Waals surface area contributed by atoms with Gasteiger partial charge in [0.25, 0.3) is 0 Å². The standard InChI is InChI=1S/C17H21FN4O2S/c1-11(16-19-7-8-25-16)22(2)17(23)14-9-12(20-21-14)10-24-15-6-4-3-5-13(15)18/h3-8,11-12,14,20-21H,9-10H2,1-2H3. The van der Waals surface area contributed by atoms with E-state index >= 15 is 0 Å². The van der Waals surface area contributed by atoms with Gasteiger partial charge in [-0.1, -0.05) is 12.1 Å². The molecule has 1 saturated heterocycles. The van der Waals surface area contributed by atoms with E-state index in [-0.39, 0.29) is 36.4 Å². The first-order valence-corrected chi connectivity index (χ1v) is 8.98. The van der Waals surface area contributed by atoms with Gasteiger partial charge in [0.15, 0.2) is 11.6 Å². The van der Waals surface area contributed by atoms with Crippen LogP contribution < -0.4 is 15.6 Å². The molecule has 0 aliphatic carbocycles. The summed E-state index contributed by atoms with van der Waals surface area (Å²) in [6, 6.07) is 5.79. The number of benzene rings is 1. The number of carbonyl (C=O) groups excluding carboxylic acids is 1. The third-order valence-electron chi connectivity index (χ3n) is 4.29. The largest absolute Gasteiger partial charge is 0.489 e. The van der Waals surface area contributed by atoms with Gasteiger partial charge in [-0.05, 0) is 25.5 Å². The summed E-state index contributed by atoms with van der Waals surface area (Å²) in [6.07, 6.45) is 2.31. The average Bonchev–Trinajstić information content (AvgIpc) is 3.31. The molecule has 1 aliphatic rings. The normalized spacial score (nSPS) is 21.1. The number of rotatable bonds is 6. The molecule has 2 heterocycles. The quantitative estimate of drug-likeness (QED) is 0.822. The fraction of sp³-hybridized carbons (Fsp3) is 0.412. The molecule has 1 aromatic carbocycles. The van der Waals surface area contributed by atoms with Crippen molar-refractivity contribution >= 4 is 17.2 Å². The number of hydrazine groups is 1. The van der Waals surface area contributed by atoms with Gasteiger partial charge in [0, 0.05) is 18.6 Å². The lowest BCUT2D eigenvalue weighted by atomic mass is 10.1. The summed E-state index contributed by atoms with van der Waals surface area (Å²) >= 11 is 1.53. The van der Waals surface area contributed by atoms with Crippen LogP contribution in [0.1, 0.15) is 24.4 Å². The van der Waals surface area contributed by atoms with Crippen molar-refractivity contribution in [3.8, 4) is 5.75 Å². The Hall–Kier alpha value is -2.03. The molecule has 1 fully saturated rings. The zero-order valence-electron chi connectivity index (χ0n) is 14.1. The van der Waals surface area contributed by atoms with E-state index in [0.29, 0.717) is 6.42 Å². The second-order valence-electron chi connectivity index (χ2n) is 6.01. The van der Waals surface area contributed by atoms with E-state index < -0.39 is 5.82 Å². The number of ether oxygens (including phenoxy) is 1. The predicted octanol–water partition coefficient (Wildman–Crippen LogP) is 2.12. The van der Waals surface area contributed by atoms with Crippen molar-refractivity contribution in [1.29, 1.82) is 0 Å². The zero-order chi connectivity index (χ0) is 17.8. The Labute approximate surface area is 150 Å². The van der Waals surface area contributed by atoms with Crippen molar-refractivity contribution < 1.29 is 13.9 Å². The molecule has 6 nitrogen and oxygen atoms in total. The molecule has 1 aliphatic heterocycles. The van der Waals surface area contributed by atoms with Crippen molar-refractivity contribution in [2.24, 2.45) is 0 Å². The Balaban J connectivity index is 1.52. The van der Waals surface area contributed by atoms with Gasteiger partial charge in [-0.2, -0.15) is 0 Å². The fourth-order valence-corrected chi connectivity index (χ4v) is 3.43. The predicted molar refractivity (Wildman–Crippen MR) is 93.7 cm³/mol. The molecule has 1 aromatic heterocycles. The van der Waals surface area contributed by atoms with E-state index in [1.807, 2.05) is 12.3 Å². The second kappa shape index (κ2) is 7.90. The van der Waals surface area contributed by atoms with E-state index in [0.717, 1.165) is 5.01 Å². The van der Waals surface area contributed by atoms with Gasteiger partial charge in [-0.15, -0.1) is 11.3 Å². The van der Waals surface area contributed by atoms with Gasteiger partial charge < -0.3 is 9.64 Å². The maximum absolute atomic E-state index is 13.6. The fourth-order valence-electron chi connectivity index (χ4n) is 2.69. The molecular formula is C17H21FN4O2S. The summed E-state index contributed by atoms with van der Waals surface area (Å²) < 4.78 is 19.1. The number of nitrogens with one attached hydrogen (secondary N) is 2. The van der Waals surface area contributed by atoms with Gasteiger partial charge in [-0.25, -0.2) is 14.8 Å². The van der Waals surface area contributed by atoms with Crippen molar-refractivity contribution in [1.82, 2.24) is 20.7 Å². The van der Waals surface area contributed by atoms with Gasteiger partial charge in [0.2, 0.25) is 5.91 Å². The molecule has 3 rings (SSSR count). The van der Waals surface area contributed by atoms with E-state index in [9.17, 15) is 9.18 Å². The lowest BCUT2D eigenvalue weighted by Gasteiger charge is -2.26. The van der Waals surface area contributed by atoms with E-state index in [4.69, 9.17) is 4.74 Å². The number of nitrogens with zero attached hydrogens (tertiary/aromatic N) is 2. The Morgan fingerprint density at radius 3 is 3.00 bits per heavy atom. The zero-order valence-corrected chi connectivity index (χ0v) is 14.9. The van der Waals surface area contributed by atoms with Gasteiger partial charge in [-0.3, -0.25) is 10.2 Å². The van der Waals surface area contributed by atoms with Crippen LogP contribution in [0.15, 0.2) is 35.8 Å². The van der Waals surface area contributed by atoms with Crippen LogP contribution >= 0.6 is 11.3 Å². The molecule has 0 bridgehead atoms. The highest BCUT2D eigenvalue weighted by atomic mass is 32.1. The lowest BCUT2D eigenvalue weighted by molar-refractivity contribution is -0.133. The van der Waals surface area contributed by atoms with Crippen LogP contribution in [0.5, 0.6) is 5.75 Å². The van der Waals surface area contributed by atoms with Crippen LogP contribution in [-0.2, 0) is 4.79 Å². The highest BCUT2D eigenvalue weighted by Gasteiger charge is 2.33.